The number of ether oxygens (including phenoxy) is 1. The van der Waals surface area contributed by atoms with Crippen LogP contribution in [-0.2, 0) is 4.74 Å². The second-order valence-electron chi connectivity index (χ2n) is 7.17. The lowest BCUT2D eigenvalue weighted by molar-refractivity contribution is -0.135. The van der Waals surface area contributed by atoms with Crippen molar-refractivity contribution in [1.29, 1.82) is 0 Å². The largest absolute Gasteiger partial charge is 0.396 e. The Morgan fingerprint density at radius 1 is 1.15 bits per heavy atom. The van der Waals surface area contributed by atoms with E-state index in [1.54, 1.807) is 0 Å². The van der Waals surface area contributed by atoms with Crippen LogP contribution in [0.2, 0.25) is 0 Å². The van der Waals surface area contributed by atoms with Gasteiger partial charge in [-0.25, -0.2) is 0 Å². The first-order chi connectivity index (χ1) is 9.80. The molecule has 0 aromatic rings. The molecule has 0 aromatic carbocycles. The molecule has 0 bridgehead atoms. The van der Waals surface area contributed by atoms with E-state index in [1.165, 1.54) is 57.8 Å². The van der Waals surface area contributed by atoms with Crippen molar-refractivity contribution in [2.75, 3.05) is 13.2 Å². The number of aliphatic hydroxyl groups is 1. The maximum Gasteiger partial charge on any atom is 0.0661 e. The van der Waals surface area contributed by atoms with Gasteiger partial charge in [-0.05, 0) is 44.9 Å². The van der Waals surface area contributed by atoms with Crippen molar-refractivity contribution in [3.63, 3.8) is 0 Å². The highest BCUT2D eigenvalue weighted by atomic mass is 16.5. The fraction of sp³-hybridized carbons (Fsp3) is 1.00. The number of hydrogen-bond acceptors (Lipinski definition) is 3. The lowest BCUT2D eigenvalue weighted by Crippen LogP contribution is -2.65. The third kappa shape index (κ3) is 2.53. The molecule has 2 N–H and O–H groups in total. The summed E-state index contributed by atoms with van der Waals surface area (Å²) in [7, 11) is 0. The minimum Gasteiger partial charge on any atom is -0.396 e. The Kier molecular flexibility index (Phi) is 4.68. The van der Waals surface area contributed by atoms with Gasteiger partial charge in [0.1, 0.15) is 0 Å². The zero-order chi connectivity index (χ0) is 14.0. The summed E-state index contributed by atoms with van der Waals surface area (Å²) in [6.07, 6.45) is 12.2. The Morgan fingerprint density at radius 3 is 2.60 bits per heavy atom. The van der Waals surface area contributed by atoms with E-state index in [1.807, 2.05) is 0 Å². The highest BCUT2D eigenvalue weighted by Gasteiger charge is 2.57. The SMILES string of the molecule is CCOC1CC(NC2CCCCC2CO)C12CCCC2. The molecule has 3 aliphatic carbocycles. The molecule has 0 aromatic heterocycles. The van der Waals surface area contributed by atoms with Crippen LogP contribution in [0.15, 0.2) is 0 Å². The third-order valence-electron chi connectivity index (χ3n) is 6.25. The van der Waals surface area contributed by atoms with Gasteiger partial charge in [-0.1, -0.05) is 25.7 Å². The van der Waals surface area contributed by atoms with Gasteiger partial charge in [0.05, 0.1) is 6.10 Å². The molecule has 0 saturated heterocycles. The Balaban J connectivity index is 1.62. The normalized spacial score (nSPS) is 39.9. The minimum absolute atomic E-state index is 0.353. The first kappa shape index (κ1) is 14.8. The number of rotatable bonds is 5. The van der Waals surface area contributed by atoms with E-state index in [2.05, 4.69) is 12.2 Å². The average molecular weight is 281 g/mol. The van der Waals surface area contributed by atoms with E-state index >= 15 is 0 Å². The van der Waals surface area contributed by atoms with Crippen LogP contribution in [0.1, 0.15) is 64.7 Å². The molecule has 3 nitrogen and oxygen atoms in total. The number of nitrogens with one attached hydrogen (secondary N) is 1. The first-order valence-corrected chi connectivity index (χ1v) is 8.78. The molecule has 3 fully saturated rings. The first-order valence-electron chi connectivity index (χ1n) is 8.78. The Morgan fingerprint density at radius 2 is 1.90 bits per heavy atom. The van der Waals surface area contributed by atoms with Gasteiger partial charge in [0.25, 0.3) is 0 Å². The standard InChI is InChI=1S/C17H31NO2/c1-2-20-16-11-15(17(16)9-5-6-10-17)18-14-8-4-3-7-13(14)12-19/h13-16,18-19H,2-12H2,1H3. The highest BCUT2D eigenvalue weighted by Crippen LogP contribution is 2.55. The summed E-state index contributed by atoms with van der Waals surface area (Å²) in [4.78, 5) is 0. The third-order valence-corrected chi connectivity index (χ3v) is 6.25. The van der Waals surface area contributed by atoms with Crippen molar-refractivity contribution in [1.82, 2.24) is 5.32 Å². The van der Waals surface area contributed by atoms with Crippen molar-refractivity contribution >= 4 is 0 Å². The van der Waals surface area contributed by atoms with Gasteiger partial charge < -0.3 is 15.2 Å². The van der Waals surface area contributed by atoms with E-state index in [-0.39, 0.29) is 0 Å². The second kappa shape index (κ2) is 6.33. The maximum atomic E-state index is 9.59. The molecule has 0 amide bonds. The fourth-order valence-electron chi connectivity index (χ4n) is 5.02. The molecule has 3 rings (SSSR count). The van der Waals surface area contributed by atoms with Gasteiger partial charge in [-0.2, -0.15) is 0 Å². The smallest absolute Gasteiger partial charge is 0.0661 e. The van der Waals surface area contributed by atoms with Crippen LogP contribution in [0.25, 0.3) is 0 Å². The van der Waals surface area contributed by atoms with Gasteiger partial charge in [0.2, 0.25) is 0 Å². The molecule has 20 heavy (non-hydrogen) atoms. The van der Waals surface area contributed by atoms with Gasteiger partial charge in [-0.3, -0.25) is 0 Å². The van der Waals surface area contributed by atoms with Crippen molar-refractivity contribution in [2.45, 2.75) is 82.9 Å². The molecule has 3 aliphatic rings. The summed E-state index contributed by atoms with van der Waals surface area (Å²) >= 11 is 0. The van der Waals surface area contributed by atoms with E-state index in [9.17, 15) is 5.11 Å². The lowest BCUT2D eigenvalue weighted by atomic mass is 9.60. The van der Waals surface area contributed by atoms with Crippen LogP contribution in [0, 0.1) is 11.3 Å². The van der Waals surface area contributed by atoms with Crippen LogP contribution in [-0.4, -0.2) is 36.5 Å². The molecule has 3 heteroatoms. The molecule has 0 heterocycles. The quantitative estimate of drug-likeness (QED) is 0.814. The average Bonchev–Trinajstić information content (AvgIpc) is 2.99. The topological polar surface area (TPSA) is 41.5 Å². The number of hydrogen-bond donors (Lipinski definition) is 2. The minimum atomic E-state index is 0.353. The Labute approximate surface area is 123 Å². The predicted molar refractivity (Wildman–Crippen MR) is 80.7 cm³/mol. The molecule has 0 radical (unpaired) electrons. The Hall–Kier alpha value is -0.120. The fourth-order valence-corrected chi connectivity index (χ4v) is 5.02. The summed E-state index contributed by atoms with van der Waals surface area (Å²) in [6.45, 7) is 3.32. The summed E-state index contributed by atoms with van der Waals surface area (Å²) in [5.41, 5.74) is 0.424. The van der Waals surface area contributed by atoms with E-state index in [0.29, 0.717) is 36.1 Å². The molecule has 1 spiro atoms. The van der Waals surface area contributed by atoms with Gasteiger partial charge >= 0.3 is 0 Å². The Bertz CT molecular complexity index is 314. The molecule has 3 saturated carbocycles. The monoisotopic (exact) mass is 281 g/mol. The zero-order valence-corrected chi connectivity index (χ0v) is 12.9. The van der Waals surface area contributed by atoms with Crippen molar-refractivity contribution in [3.05, 3.63) is 0 Å². The zero-order valence-electron chi connectivity index (χ0n) is 12.9. The van der Waals surface area contributed by atoms with Crippen molar-refractivity contribution < 1.29 is 9.84 Å². The lowest BCUT2D eigenvalue weighted by Gasteiger charge is -2.56. The summed E-state index contributed by atoms with van der Waals surface area (Å²) in [5.74, 6) is 0.480. The van der Waals surface area contributed by atoms with E-state index in [4.69, 9.17) is 4.74 Å². The van der Waals surface area contributed by atoms with Crippen LogP contribution in [0.3, 0.4) is 0 Å². The van der Waals surface area contributed by atoms with Crippen molar-refractivity contribution in [3.8, 4) is 0 Å². The van der Waals surface area contributed by atoms with Gasteiger partial charge in [0.15, 0.2) is 0 Å². The molecule has 116 valence electrons. The molecular weight excluding hydrogens is 250 g/mol. The highest BCUT2D eigenvalue weighted by molar-refractivity contribution is 5.11. The second-order valence-corrected chi connectivity index (χ2v) is 7.17. The number of aliphatic hydroxyl groups excluding tert-OH is 1. The van der Waals surface area contributed by atoms with Gasteiger partial charge in [0, 0.05) is 30.7 Å². The van der Waals surface area contributed by atoms with Crippen molar-refractivity contribution in [2.24, 2.45) is 11.3 Å². The summed E-state index contributed by atoms with van der Waals surface area (Å²) < 4.78 is 6.00. The van der Waals surface area contributed by atoms with Crippen LogP contribution >= 0.6 is 0 Å². The maximum absolute atomic E-state index is 9.59. The van der Waals surface area contributed by atoms with Gasteiger partial charge in [-0.15, -0.1) is 0 Å². The predicted octanol–water partition coefficient (Wildman–Crippen LogP) is 2.86. The van der Waals surface area contributed by atoms with Crippen LogP contribution < -0.4 is 5.32 Å². The molecule has 4 unspecified atom stereocenters. The van der Waals surface area contributed by atoms with E-state index in [0.717, 1.165) is 6.61 Å². The molecular formula is C17H31NO2. The van der Waals surface area contributed by atoms with Crippen LogP contribution in [0.5, 0.6) is 0 Å². The molecule has 4 atom stereocenters. The van der Waals surface area contributed by atoms with Crippen LogP contribution in [0.4, 0.5) is 0 Å². The summed E-state index contributed by atoms with van der Waals surface area (Å²) in [5, 5.41) is 13.5. The summed E-state index contributed by atoms with van der Waals surface area (Å²) in [6, 6.07) is 1.18. The molecule has 0 aliphatic heterocycles. The van der Waals surface area contributed by atoms with E-state index < -0.39 is 0 Å².